The smallest absolute Gasteiger partial charge is 0.408 e. The number of aryl methyl sites for hydroxylation is 1. The highest BCUT2D eigenvalue weighted by molar-refractivity contribution is 7.90. The Morgan fingerprint density at radius 2 is 1.68 bits per heavy atom. The fraction of sp³-hybridized carbons (Fsp3) is 0.296. The molecule has 1 heterocycles. The number of hydrogen-bond donors (Lipinski definition) is 2. The van der Waals surface area contributed by atoms with Gasteiger partial charge in [-0.1, -0.05) is 42.5 Å². The lowest BCUT2D eigenvalue weighted by atomic mass is 10.1. The maximum absolute atomic E-state index is 13.1. The third-order valence-corrected chi connectivity index (χ3v) is 6.53. The summed E-state index contributed by atoms with van der Waals surface area (Å²) in [5.41, 5.74) is 0.533. The van der Waals surface area contributed by atoms with E-state index in [1.54, 1.807) is 32.9 Å². The van der Waals surface area contributed by atoms with Crippen LogP contribution in [0.25, 0.3) is 11.3 Å². The number of alkyl carbamates (subject to hydrolysis) is 1. The van der Waals surface area contributed by atoms with Gasteiger partial charge < -0.3 is 14.5 Å². The molecule has 0 unspecified atom stereocenters. The number of sulfonamides is 1. The number of carbonyl (C=O) groups excluding carboxylic acids is 3. The monoisotopic (exact) mass is 526 g/mol. The second kappa shape index (κ2) is 11.4. The van der Waals surface area contributed by atoms with Crippen LogP contribution in [0.5, 0.6) is 0 Å². The number of ketones is 1. The van der Waals surface area contributed by atoms with E-state index in [4.69, 9.17) is 9.15 Å². The van der Waals surface area contributed by atoms with Gasteiger partial charge in [0.05, 0.1) is 4.90 Å². The topological polar surface area (TPSA) is 132 Å². The number of nitrogens with one attached hydrogen (secondary N) is 2. The molecular formula is C27H30N2O7S. The van der Waals surface area contributed by atoms with E-state index >= 15 is 0 Å². The normalized spacial score (nSPS) is 12.4. The number of benzene rings is 2. The van der Waals surface area contributed by atoms with Gasteiger partial charge in [-0.2, -0.15) is 0 Å². The van der Waals surface area contributed by atoms with Crippen molar-refractivity contribution in [2.45, 2.75) is 57.1 Å². The molecule has 9 nitrogen and oxygen atoms in total. The molecule has 196 valence electrons. The molecule has 2 N–H and O–H groups in total. The molecule has 1 atom stereocenters. The zero-order valence-electron chi connectivity index (χ0n) is 21.1. The van der Waals surface area contributed by atoms with Crippen molar-refractivity contribution in [2.24, 2.45) is 0 Å². The van der Waals surface area contributed by atoms with Crippen molar-refractivity contribution in [3.05, 3.63) is 78.1 Å². The predicted molar refractivity (Wildman–Crippen MR) is 137 cm³/mol. The Morgan fingerprint density at radius 1 is 0.973 bits per heavy atom. The fourth-order valence-corrected chi connectivity index (χ4v) is 4.50. The molecule has 2 amide bonds. The third kappa shape index (κ3) is 8.04. The maximum atomic E-state index is 13.1. The Bertz CT molecular complexity index is 1370. The van der Waals surface area contributed by atoms with Gasteiger partial charge in [-0.3, -0.25) is 9.59 Å². The summed E-state index contributed by atoms with van der Waals surface area (Å²) < 4.78 is 38.9. The molecule has 0 radical (unpaired) electrons. The number of hydrogen-bond acceptors (Lipinski definition) is 7. The molecule has 37 heavy (non-hydrogen) atoms. The van der Waals surface area contributed by atoms with Crippen LogP contribution < -0.4 is 10.0 Å². The van der Waals surface area contributed by atoms with Crippen LogP contribution in [0, 0.1) is 0 Å². The van der Waals surface area contributed by atoms with Gasteiger partial charge in [-0.05, 0) is 63.4 Å². The van der Waals surface area contributed by atoms with Crippen LogP contribution >= 0.6 is 0 Å². The molecule has 3 aromatic rings. The van der Waals surface area contributed by atoms with Crippen molar-refractivity contribution < 1.29 is 32.0 Å². The standard InChI is InChI=1S/C27H30N2O7S/c1-18(30)23-15-16-24(35-23)20-11-8-12-21(17-20)37(33,34)29-25(31)22(28-26(32)36-27(2,3)4)14-13-19-9-6-5-7-10-19/h5-12,15-17,22H,13-14H2,1-4H3,(H,28,32)(H,29,31)/t22-/m0/s1. The summed E-state index contributed by atoms with van der Waals surface area (Å²) in [5.74, 6) is -0.711. The second-order valence-electron chi connectivity index (χ2n) is 9.44. The highest BCUT2D eigenvalue weighted by Crippen LogP contribution is 2.25. The van der Waals surface area contributed by atoms with Crippen molar-refractivity contribution in [2.75, 3.05) is 0 Å². The Kier molecular flexibility index (Phi) is 8.54. The van der Waals surface area contributed by atoms with Gasteiger partial charge in [-0.25, -0.2) is 17.9 Å². The summed E-state index contributed by atoms with van der Waals surface area (Å²) >= 11 is 0. The lowest BCUT2D eigenvalue weighted by Gasteiger charge is -2.23. The maximum Gasteiger partial charge on any atom is 0.408 e. The zero-order chi connectivity index (χ0) is 27.2. The number of ether oxygens (including phenoxy) is 1. The van der Waals surface area contributed by atoms with Crippen LogP contribution in [-0.2, 0) is 26.0 Å². The van der Waals surface area contributed by atoms with Crippen molar-refractivity contribution in [1.82, 2.24) is 10.0 Å². The van der Waals surface area contributed by atoms with Crippen LogP contribution in [0.2, 0.25) is 0 Å². The molecule has 0 aliphatic heterocycles. The molecule has 0 saturated carbocycles. The van der Waals surface area contributed by atoms with Gasteiger partial charge >= 0.3 is 6.09 Å². The quantitative estimate of drug-likeness (QED) is 0.393. The first-order chi connectivity index (χ1) is 17.3. The number of furan rings is 1. The molecule has 2 aromatic carbocycles. The Hall–Kier alpha value is -3.92. The molecule has 10 heteroatoms. The molecule has 0 fully saturated rings. The van der Waals surface area contributed by atoms with Crippen molar-refractivity contribution in [3.63, 3.8) is 0 Å². The molecule has 3 rings (SSSR count). The minimum absolute atomic E-state index is 0.144. The van der Waals surface area contributed by atoms with E-state index in [1.807, 2.05) is 30.3 Å². The summed E-state index contributed by atoms with van der Waals surface area (Å²) in [4.78, 5) is 36.8. The first-order valence-corrected chi connectivity index (χ1v) is 13.1. The molecule has 0 spiro atoms. The summed E-state index contributed by atoms with van der Waals surface area (Å²) in [6.07, 6.45) is -0.272. The SMILES string of the molecule is CC(=O)c1ccc(-c2cccc(S(=O)(=O)NC(=O)[C@H](CCc3ccccc3)NC(=O)OC(C)(C)C)c2)o1. The molecule has 1 aromatic heterocycles. The largest absolute Gasteiger partial charge is 0.453 e. The third-order valence-electron chi connectivity index (χ3n) is 5.19. The van der Waals surface area contributed by atoms with Gasteiger partial charge in [0.25, 0.3) is 15.9 Å². The van der Waals surface area contributed by atoms with E-state index in [1.165, 1.54) is 31.2 Å². The molecule has 0 aliphatic rings. The molecular weight excluding hydrogens is 496 g/mol. The summed E-state index contributed by atoms with van der Waals surface area (Å²) in [5, 5.41) is 2.48. The van der Waals surface area contributed by atoms with Crippen molar-refractivity contribution in [1.29, 1.82) is 0 Å². The average Bonchev–Trinajstić information content (AvgIpc) is 3.32. The molecule has 0 saturated heterocycles. The Labute approximate surface area is 216 Å². The van der Waals surface area contributed by atoms with Crippen LogP contribution in [0.15, 0.2) is 76.0 Å². The zero-order valence-corrected chi connectivity index (χ0v) is 21.9. The van der Waals surface area contributed by atoms with Gasteiger partial charge in [0.15, 0.2) is 11.5 Å². The minimum atomic E-state index is -4.30. The van der Waals surface area contributed by atoms with Gasteiger partial charge in [0.1, 0.15) is 17.4 Å². The van der Waals surface area contributed by atoms with Crippen LogP contribution in [0.3, 0.4) is 0 Å². The van der Waals surface area contributed by atoms with Crippen LogP contribution in [0.4, 0.5) is 4.79 Å². The van der Waals surface area contributed by atoms with E-state index in [-0.39, 0.29) is 22.9 Å². The second-order valence-corrected chi connectivity index (χ2v) is 11.1. The van der Waals surface area contributed by atoms with Crippen molar-refractivity contribution in [3.8, 4) is 11.3 Å². The summed E-state index contributed by atoms with van der Waals surface area (Å²) in [6, 6.07) is 17.0. The summed E-state index contributed by atoms with van der Waals surface area (Å²) in [6.45, 7) is 6.41. The van der Waals surface area contributed by atoms with E-state index in [0.717, 1.165) is 5.56 Å². The van der Waals surface area contributed by atoms with E-state index in [9.17, 15) is 22.8 Å². The predicted octanol–water partition coefficient (Wildman–Crippen LogP) is 4.48. The van der Waals surface area contributed by atoms with Gasteiger partial charge in [-0.15, -0.1) is 0 Å². The van der Waals surface area contributed by atoms with E-state index in [0.29, 0.717) is 17.7 Å². The molecule has 0 aliphatic carbocycles. The fourth-order valence-electron chi connectivity index (χ4n) is 3.44. The lowest BCUT2D eigenvalue weighted by Crippen LogP contribution is -2.49. The number of carbonyl (C=O) groups is 3. The van der Waals surface area contributed by atoms with Crippen molar-refractivity contribution >= 4 is 27.8 Å². The lowest BCUT2D eigenvalue weighted by molar-refractivity contribution is -0.121. The van der Waals surface area contributed by atoms with E-state index in [2.05, 4.69) is 10.0 Å². The first kappa shape index (κ1) is 27.7. The Balaban J connectivity index is 1.79. The van der Waals surface area contributed by atoms with Crippen LogP contribution in [-0.4, -0.2) is 37.8 Å². The minimum Gasteiger partial charge on any atom is -0.453 e. The first-order valence-electron chi connectivity index (χ1n) is 11.7. The number of rotatable bonds is 9. The van der Waals surface area contributed by atoms with Gasteiger partial charge in [0, 0.05) is 12.5 Å². The number of amides is 2. The average molecular weight is 527 g/mol. The molecule has 0 bridgehead atoms. The summed E-state index contributed by atoms with van der Waals surface area (Å²) in [7, 11) is -4.30. The Morgan fingerprint density at radius 3 is 2.30 bits per heavy atom. The van der Waals surface area contributed by atoms with E-state index < -0.39 is 33.7 Å². The highest BCUT2D eigenvalue weighted by Gasteiger charge is 2.28. The van der Waals surface area contributed by atoms with Gasteiger partial charge in [0.2, 0.25) is 0 Å². The number of Topliss-reactive ketones (excluding diaryl/α,β-unsaturated/α-hetero) is 1. The van der Waals surface area contributed by atoms with Crippen LogP contribution in [0.1, 0.15) is 50.2 Å². The highest BCUT2D eigenvalue weighted by atomic mass is 32.2.